The van der Waals surface area contributed by atoms with Gasteiger partial charge in [-0.2, -0.15) is 0 Å². The van der Waals surface area contributed by atoms with E-state index in [-0.39, 0.29) is 18.8 Å². The molecule has 0 radical (unpaired) electrons. The minimum absolute atomic E-state index is 0.0285. The van der Waals surface area contributed by atoms with Crippen molar-refractivity contribution in [2.45, 2.75) is 32.0 Å². The van der Waals surface area contributed by atoms with E-state index >= 15 is 0 Å². The topological polar surface area (TPSA) is 120 Å². The highest BCUT2D eigenvalue weighted by atomic mass is 32.2. The molecular weight excluding hydrogens is 448 g/mol. The molecule has 2 atom stereocenters. The molecule has 3 rings (SSSR count). The van der Waals surface area contributed by atoms with E-state index in [0.717, 1.165) is 17.4 Å². The van der Waals surface area contributed by atoms with Crippen LogP contribution in [0.3, 0.4) is 0 Å². The highest BCUT2D eigenvalue weighted by Gasteiger charge is 2.25. The van der Waals surface area contributed by atoms with Gasteiger partial charge >= 0.3 is 6.09 Å². The zero-order valence-corrected chi connectivity index (χ0v) is 19.4. The Morgan fingerprint density at radius 3 is 2.42 bits per heavy atom. The smallest absolute Gasteiger partial charge is 0.408 e. The van der Waals surface area contributed by atoms with Crippen LogP contribution in [0.5, 0.6) is 11.5 Å². The van der Waals surface area contributed by atoms with Gasteiger partial charge in [-0.3, -0.25) is 4.79 Å². The second-order valence-electron chi connectivity index (χ2n) is 7.81. The van der Waals surface area contributed by atoms with Crippen molar-refractivity contribution in [1.82, 2.24) is 10.6 Å². The highest BCUT2D eigenvalue weighted by Crippen LogP contribution is 2.32. The fourth-order valence-electron chi connectivity index (χ4n) is 3.23. The third-order valence-electron chi connectivity index (χ3n) is 5.02. The van der Waals surface area contributed by atoms with Crippen LogP contribution in [0.2, 0.25) is 0 Å². The summed E-state index contributed by atoms with van der Waals surface area (Å²) in [6.45, 7) is 2.73. The molecule has 0 aliphatic carbocycles. The van der Waals surface area contributed by atoms with Crippen LogP contribution in [0.1, 0.15) is 30.5 Å². The maximum atomic E-state index is 12.9. The first-order chi connectivity index (χ1) is 15.7. The molecule has 2 aromatic rings. The molecule has 178 valence electrons. The van der Waals surface area contributed by atoms with Gasteiger partial charge in [-0.1, -0.05) is 36.4 Å². The highest BCUT2D eigenvalue weighted by molar-refractivity contribution is 7.90. The SMILES string of the molecule is CC(NC(=O)C(CCS(C)(=O)=O)NC(=O)OCc1ccccc1)c1ccc2c(c1)OCCO2. The van der Waals surface area contributed by atoms with E-state index in [9.17, 15) is 18.0 Å². The predicted molar refractivity (Wildman–Crippen MR) is 122 cm³/mol. The number of rotatable bonds is 9. The van der Waals surface area contributed by atoms with Gasteiger partial charge in [-0.25, -0.2) is 13.2 Å². The Labute approximate surface area is 193 Å². The molecule has 2 unspecified atom stereocenters. The largest absolute Gasteiger partial charge is 0.486 e. The van der Waals surface area contributed by atoms with Crippen molar-refractivity contribution in [2.24, 2.45) is 0 Å². The third-order valence-corrected chi connectivity index (χ3v) is 6.00. The number of ether oxygens (including phenoxy) is 3. The van der Waals surface area contributed by atoms with Gasteiger partial charge in [0.05, 0.1) is 11.8 Å². The Morgan fingerprint density at radius 1 is 1.03 bits per heavy atom. The lowest BCUT2D eigenvalue weighted by Gasteiger charge is -2.23. The van der Waals surface area contributed by atoms with Crippen molar-refractivity contribution in [2.75, 3.05) is 25.2 Å². The Bertz CT molecular complexity index is 1070. The molecular formula is C23H28N2O7S. The van der Waals surface area contributed by atoms with Crippen LogP contribution >= 0.6 is 0 Å². The zero-order valence-electron chi connectivity index (χ0n) is 18.6. The number of fused-ring (bicyclic) bond motifs is 1. The fourth-order valence-corrected chi connectivity index (χ4v) is 3.90. The summed E-state index contributed by atoms with van der Waals surface area (Å²) >= 11 is 0. The summed E-state index contributed by atoms with van der Waals surface area (Å²) < 4.78 is 39.5. The average Bonchev–Trinajstić information content (AvgIpc) is 2.80. The first-order valence-corrected chi connectivity index (χ1v) is 12.6. The zero-order chi connectivity index (χ0) is 23.8. The van der Waals surface area contributed by atoms with Gasteiger partial charge in [0.2, 0.25) is 5.91 Å². The van der Waals surface area contributed by atoms with Crippen LogP contribution in [0, 0.1) is 0 Å². The molecule has 0 saturated carbocycles. The molecule has 0 aromatic heterocycles. The molecule has 0 fully saturated rings. The predicted octanol–water partition coefficient (Wildman–Crippen LogP) is 2.36. The number of nitrogens with one attached hydrogen (secondary N) is 2. The number of hydrogen-bond acceptors (Lipinski definition) is 7. The fraction of sp³-hybridized carbons (Fsp3) is 0.391. The number of amides is 2. The van der Waals surface area contributed by atoms with Crippen LogP contribution in [-0.2, 0) is 26.0 Å². The van der Waals surface area contributed by atoms with E-state index in [2.05, 4.69) is 10.6 Å². The normalized spacial score (nSPS) is 14.6. The lowest BCUT2D eigenvalue weighted by Crippen LogP contribution is -2.48. The molecule has 2 N–H and O–H groups in total. The number of alkyl carbamates (subject to hydrolysis) is 1. The Kier molecular flexibility index (Phi) is 8.16. The van der Waals surface area contributed by atoms with Gasteiger partial charge in [0.25, 0.3) is 0 Å². The molecule has 2 amide bonds. The van der Waals surface area contributed by atoms with Crippen LogP contribution in [0.15, 0.2) is 48.5 Å². The van der Waals surface area contributed by atoms with E-state index in [1.807, 2.05) is 24.3 Å². The lowest BCUT2D eigenvalue weighted by molar-refractivity contribution is -0.123. The number of carbonyl (C=O) groups is 2. The molecule has 0 bridgehead atoms. The Morgan fingerprint density at radius 2 is 1.73 bits per heavy atom. The summed E-state index contributed by atoms with van der Waals surface area (Å²) in [5.74, 6) is 0.453. The number of hydrogen-bond donors (Lipinski definition) is 2. The molecule has 0 spiro atoms. The van der Waals surface area contributed by atoms with Gasteiger partial charge in [0.1, 0.15) is 35.7 Å². The molecule has 1 aliphatic heterocycles. The van der Waals surface area contributed by atoms with Crippen LogP contribution < -0.4 is 20.1 Å². The van der Waals surface area contributed by atoms with Crippen LogP contribution in [0.4, 0.5) is 4.79 Å². The average molecular weight is 477 g/mol. The van der Waals surface area contributed by atoms with Gasteiger partial charge in [0, 0.05) is 6.26 Å². The standard InChI is InChI=1S/C23H28N2O7S/c1-16(18-8-9-20-21(14-18)31-12-11-30-20)24-22(26)19(10-13-33(2,28)29)25-23(27)32-15-17-6-4-3-5-7-17/h3-9,14,16,19H,10-13,15H2,1-2H3,(H,24,26)(H,25,27). The van der Waals surface area contributed by atoms with Crippen molar-refractivity contribution in [3.05, 3.63) is 59.7 Å². The van der Waals surface area contributed by atoms with E-state index in [1.165, 1.54) is 0 Å². The molecule has 10 heteroatoms. The second-order valence-corrected chi connectivity index (χ2v) is 10.1. The van der Waals surface area contributed by atoms with Gasteiger partial charge in [-0.05, 0) is 36.6 Å². The Balaban J connectivity index is 1.63. The maximum absolute atomic E-state index is 12.9. The van der Waals surface area contributed by atoms with E-state index in [1.54, 1.807) is 31.2 Å². The Hall–Kier alpha value is -3.27. The number of carbonyl (C=O) groups excluding carboxylic acids is 2. The van der Waals surface area contributed by atoms with Gasteiger partial charge < -0.3 is 24.8 Å². The summed E-state index contributed by atoms with van der Waals surface area (Å²) in [4.78, 5) is 25.2. The second kappa shape index (κ2) is 11.0. The summed E-state index contributed by atoms with van der Waals surface area (Å²) in [5.41, 5.74) is 1.57. The lowest BCUT2D eigenvalue weighted by atomic mass is 10.1. The van der Waals surface area contributed by atoms with E-state index in [0.29, 0.717) is 24.7 Å². The molecule has 33 heavy (non-hydrogen) atoms. The minimum Gasteiger partial charge on any atom is -0.486 e. The van der Waals surface area contributed by atoms with E-state index < -0.39 is 33.9 Å². The van der Waals surface area contributed by atoms with Crippen LogP contribution in [-0.4, -0.2) is 51.7 Å². The van der Waals surface area contributed by atoms with Crippen molar-refractivity contribution in [3.8, 4) is 11.5 Å². The molecule has 9 nitrogen and oxygen atoms in total. The van der Waals surface area contributed by atoms with Crippen molar-refractivity contribution in [1.29, 1.82) is 0 Å². The molecule has 1 heterocycles. The van der Waals surface area contributed by atoms with Crippen molar-refractivity contribution < 1.29 is 32.2 Å². The summed E-state index contributed by atoms with van der Waals surface area (Å²) in [6.07, 6.45) is 0.186. The minimum atomic E-state index is -3.34. The monoisotopic (exact) mass is 476 g/mol. The quantitative estimate of drug-likeness (QED) is 0.570. The third kappa shape index (κ3) is 7.67. The maximum Gasteiger partial charge on any atom is 0.408 e. The van der Waals surface area contributed by atoms with Gasteiger partial charge in [-0.15, -0.1) is 0 Å². The summed E-state index contributed by atoms with van der Waals surface area (Å²) in [7, 11) is -3.34. The van der Waals surface area contributed by atoms with Crippen LogP contribution in [0.25, 0.3) is 0 Å². The summed E-state index contributed by atoms with van der Waals surface area (Å²) in [5, 5.41) is 5.30. The molecule has 1 aliphatic rings. The first kappa shape index (κ1) is 24.4. The number of benzene rings is 2. The molecule has 0 saturated heterocycles. The van der Waals surface area contributed by atoms with Crippen molar-refractivity contribution >= 4 is 21.8 Å². The van der Waals surface area contributed by atoms with E-state index in [4.69, 9.17) is 14.2 Å². The van der Waals surface area contributed by atoms with Gasteiger partial charge in [0.15, 0.2) is 11.5 Å². The number of sulfone groups is 1. The first-order valence-electron chi connectivity index (χ1n) is 10.6. The molecule has 2 aromatic carbocycles. The summed E-state index contributed by atoms with van der Waals surface area (Å²) in [6, 6.07) is 12.9. The van der Waals surface area contributed by atoms with Crippen molar-refractivity contribution in [3.63, 3.8) is 0 Å².